The lowest BCUT2D eigenvalue weighted by atomic mass is 9.89. The molecule has 36 heavy (non-hydrogen) atoms. The number of pyridine rings is 2. The first-order chi connectivity index (χ1) is 17.2. The number of aromatic nitrogens is 3. The van der Waals surface area contributed by atoms with Crippen molar-refractivity contribution in [3.05, 3.63) is 42.4 Å². The van der Waals surface area contributed by atoms with Gasteiger partial charge in [-0.2, -0.15) is 10.4 Å². The lowest BCUT2D eigenvalue weighted by molar-refractivity contribution is -0.133. The second-order valence-corrected chi connectivity index (χ2v) is 9.76. The van der Waals surface area contributed by atoms with E-state index in [4.69, 9.17) is 9.84 Å². The molecule has 1 unspecified atom stereocenters. The van der Waals surface area contributed by atoms with Gasteiger partial charge in [0.1, 0.15) is 30.3 Å². The molecule has 1 atom stereocenters. The van der Waals surface area contributed by atoms with Crippen LogP contribution in [0.25, 0.3) is 16.6 Å². The first-order valence-electron chi connectivity index (χ1n) is 12.1. The molecule has 0 radical (unpaired) electrons. The van der Waals surface area contributed by atoms with Crippen molar-refractivity contribution in [2.75, 3.05) is 31.2 Å². The van der Waals surface area contributed by atoms with Gasteiger partial charge in [0, 0.05) is 36.0 Å². The molecule has 10 nitrogen and oxygen atoms in total. The summed E-state index contributed by atoms with van der Waals surface area (Å²) in [5, 5.41) is 36.0. The Hall–Kier alpha value is -3.68. The van der Waals surface area contributed by atoms with Crippen LogP contribution in [0.5, 0.6) is 5.75 Å². The van der Waals surface area contributed by atoms with Crippen molar-refractivity contribution in [1.82, 2.24) is 19.9 Å². The van der Waals surface area contributed by atoms with Gasteiger partial charge >= 0.3 is 0 Å². The number of ether oxygens (including phenoxy) is 1. The van der Waals surface area contributed by atoms with E-state index in [0.29, 0.717) is 16.8 Å². The van der Waals surface area contributed by atoms with Crippen molar-refractivity contribution < 1.29 is 19.7 Å². The first kappa shape index (κ1) is 25.4. The third-order valence-electron chi connectivity index (χ3n) is 6.64. The van der Waals surface area contributed by atoms with Crippen molar-refractivity contribution in [1.29, 1.82) is 5.26 Å². The molecule has 3 aromatic rings. The third-order valence-corrected chi connectivity index (χ3v) is 6.64. The summed E-state index contributed by atoms with van der Waals surface area (Å²) in [4.78, 5) is 19.2. The van der Waals surface area contributed by atoms with Crippen molar-refractivity contribution >= 4 is 17.2 Å². The van der Waals surface area contributed by atoms with Crippen molar-refractivity contribution in [2.45, 2.75) is 45.3 Å². The zero-order valence-corrected chi connectivity index (χ0v) is 20.8. The van der Waals surface area contributed by atoms with Gasteiger partial charge in [0.2, 0.25) is 5.91 Å². The third kappa shape index (κ3) is 5.27. The van der Waals surface area contributed by atoms with Gasteiger partial charge in [0.25, 0.3) is 0 Å². The van der Waals surface area contributed by atoms with Gasteiger partial charge in [-0.05, 0) is 43.9 Å². The summed E-state index contributed by atoms with van der Waals surface area (Å²) in [6, 6.07) is 7.90. The summed E-state index contributed by atoms with van der Waals surface area (Å²) in [7, 11) is 0. The van der Waals surface area contributed by atoms with Gasteiger partial charge in [0.15, 0.2) is 0 Å². The number of hydrogen-bond donors (Lipinski definition) is 3. The Kier molecular flexibility index (Phi) is 7.43. The summed E-state index contributed by atoms with van der Waals surface area (Å²) in [6.45, 7) is 7.14. The number of aliphatic hydroxyl groups is 2. The van der Waals surface area contributed by atoms with Crippen LogP contribution in [-0.2, 0) is 4.79 Å². The van der Waals surface area contributed by atoms with E-state index in [1.807, 2.05) is 39.0 Å². The molecule has 4 rings (SSSR count). The summed E-state index contributed by atoms with van der Waals surface area (Å²) >= 11 is 0. The highest BCUT2D eigenvalue weighted by Crippen LogP contribution is 2.32. The number of nitrogens with one attached hydrogen (secondary N) is 1. The number of hydrogen-bond acceptors (Lipinski definition) is 8. The predicted octanol–water partition coefficient (Wildman–Crippen LogP) is 2.13. The van der Waals surface area contributed by atoms with E-state index in [2.05, 4.69) is 26.4 Å². The number of aliphatic hydroxyl groups excluding tert-OH is 2. The normalized spacial score (nSPS) is 16.1. The van der Waals surface area contributed by atoms with Crippen LogP contribution in [0.3, 0.4) is 0 Å². The zero-order valence-electron chi connectivity index (χ0n) is 20.8. The Morgan fingerprint density at radius 3 is 2.67 bits per heavy atom. The van der Waals surface area contributed by atoms with Gasteiger partial charge in [0.05, 0.1) is 30.1 Å². The average molecular weight is 493 g/mol. The maximum atomic E-state index is 12.3. The number of carbonyl (C=O) groups excluding carboxylic acids is 1. The van der Waals surface area contributed by atoms with Gasteiger partial charge in [-0.25, -0.2) is 9.50 Å². The standard InChI is InChI=1S/C26H32N6O4/c1-17(2)24(34)25(35)30-26(3)6-8-31(9-7-26)22-5-4-18(14-28-22)21-12-20(36-11-10-33)16-32-23(21)19(13-27)15-29-32/h4-5,12,14-17,24,33-34H,6-11H2,1-3H3,(H,30,35). The number of nitriles is 1. The summed E-state index contributed by atoms with van der Waals surface area (Å²) in [5.74, 6) is 0.901. The van der Waals surface area contributed by atoms with E-state index in [1.54, 1.807) is 16.9 Å². The van der Waals surface area contributed by atoms with Crippen LogP contribution in [0, 0.1) is 17.2 Å². The van der Waals surface area contributed by atoms with Gasteiger partial charge in [-0.3, -0.25) is 4.79 Å². The fraction of sp³-hybridized carbons (Fsp3) is 0.462. The van der Waals surface area contributed by atoms with Crippen LogP contribution in [0.15, 0.2) is 36.8 Å². The number of rotatable bonds is 8. The molecule has 0 bridgehead atoms. The number of anilines is 1. The van der Waals surface area contributed by atoms with E-state index in [1.165, 1.54) is 6.20 Å². The Balaban J connectivity index is 1.51. The molecule has 1 fully saturated rings. The first-order valence-corrected chi connectivity index (χ1v) is 12.1. The molecule has 0 saturated carbocycles. The molecule has 4 heterocycles. The minimum Gasteiger partial charge on any atom is -0.490 e. The maximum Gasteiger partial charge on any atom is 0.249 e. The number of carbonyl (C=O) groups is 1. The maximum absolute atomic E-state index is 12.3. The Morgan fingerprint density at radius 2 is 2.06 bits per heavy atom. The van der Waals surface area contributed by atoms with Crippen LogP contribution >= 0.6 is 0 Å². The SMILES string of the molecule is CC(C)C(O)C(=O)NC1(C)CCN(c2ccc(-c3cc(OCCO)cn4ncc(C#N)c34)cn2)CC1. The number of piperidine rings is 1. The molecule has 190 valence electrons. The van der Waals surface area contributed by atoms with Crippen LogP contribution in [-0.4, -0.2) is 68.7 Å². The monoisotopic (exact) mass is 492 g/mol. The quantitative estimate of drug-likeness (QED) is 0.435. The van der Waals surface area contributed by atoms with Crippen LogP contribution in [0.4, 0.5) is 5.82 Å². The number of amides is 1. The summed E-state index contributed by atoms with van der Waals surface area (Å²) in [5.41, 5.74) is 2.31. The summed E-state index contributed by atoms with van der Waals surface area (Å²) in [6.07, 6.45) is 5.42. The lowest BCUT2D eigenvalue weighted by Gasteiger charge is -2.41. The molecule has 3 N–H and O–H groups in total. The van der Waals surface area contributed by atoms with E-state index in [-0.39, 0.29) is 30.6 Å². The molecule has 0 spiro atoms. The Labute approximate surface area is 210 Å². The largest absolute Gasteiger partial charge is 0.490 e. The molecule has 1 saturated heterocycles. The minimum absolute atomic E-state index is 0.108. The van der Waals surface area contributed by atoms with E-state index < -0.39 is 6.10 Å². The molecule has 0 aliphatic carbocycles. The molecule has 1 aliphatic rings. The van der Waals surface area contributed by atoms with E-state index >= 15 is 0 Å². The van der Waals surface area contributed by atoms with Crippen LogP contribution < -0.4 is 15.0 Å². The number of fused-ring (bicyclic) bond motifs is 1. The van der Waals surface area contributed by atoms with E-state index in [9.17, 15) is 15.2 Å². The zero-order chi connectivity index (χ0) is 25.9. The molecule has 10 heteroatoms. The Bertz CT molecular complexity index is 1260. The second-order valence-electron chi connectivity index (χ2n) is 9.76. The topological polar surface area (TPSA) is 136 Å². The summed E-state index contributed by atoms with van der Waals surface area (Å²) < 4.78 is 7.20. The predicted molar refractivity (Wildman–Crippen MR) is 135 cm³/mol. The van der Waals surface area contributed by atoms with Gasteiger partial charge in [-0.15, -0.1) is 0 Å². The smallest absolute Gasteiger partial charge is 0.249 e. The highest BCUT2D eigenvalue weighted by atomic mass is 16.5. The van der Waals surface area contributed by atoms with Crippen LogP contribution in [0.1, 0.15) is 39.2 Å². The average Bonchev–Trinajstić information content (AvgIpc) is 3.30. The van der Waals surface area contributed by atoms with Gasteiger partial charge < -0.3 is 25.2 Å². The van der Waals surface area contributed by atoms with Crippen LogP contribution in [0.2, 0.25) is 0 Å². The molecular formula is C26H32N6O4. The minimum atomic E-state index is -1.01. The molecular weight excluding hydrogens is 460 g/mol. The molecule has 1 aliphatic heterocycles. The molecule has 3 aromatic heterocycles. The van der Waals surface area contributed by atoms with E-state index in [0.717, 1.165) is 42.9 Å². The second kappa shape index (κ2) is 10.5. The van der Waals surface area contributed by atoms with Crippen molar-refractivity contribution in [3.63, 3.8) is 0 Å². The fourth-order valence-electron chi connectivity index (χ4n) is 4.40. The van der Waals surface area contributed by atoms with Gasteiger partial charge in [-0.1, -0.05) is 13.8 Å². The molecule has 1 amide bonds. The highest BCUT2D eigenvalue weighted by Gasteiger charge is 2.34. The van der Waals surface area contributed by atoms with Crippen molar-refractivity contribution in [3.8, 4) is 22.9 Å². The number of nitrogens with zero attached hydrogens (tertiary/aromatic N) is 5. The molecule has 0 aromatic carbocycles. The van der Waals surface area contributed by atoms with Crippen molar-refractivity contribution in [2.24, 2.45) is 5.92 Å². The highest BCUT2D eigenvalue weighted by molar-refractivity contribution is 5.85. The lowest BCUT2D eigenvalue weighted by Crippen LogP contribution is -2.56. The fourth-order valence-corrected chi connectivity index (χ4v) is 4.40. The Morgan fingerprint density at radius 1 is 1.31 bits per heavy atom.